The number of aromatic nitrogens is 3. The number of carbonyl (C=O) groups excluding carboxylic acids is 2. The van der Waals surface area contributed by atoms with Crippen LogP contribution in [0.1, 0.15) is 52.9 Å². The van der Waals surface area contributed by atoms with Crippen LogP contribution in [0.25, 0.3) is 16.6 Å². The molecule has 0 radical (unpaired) electrons. The van der Waals surface area contributed by atoms with Gasteiger partial charge in [0, 0.05) is 37.0 Å². The number of benzene rings is 3. The molecule has 3 aromatic carbocycles. The van der Waals surface area contributed by atoms with Gasteiger partial charge in [-0.05, 0) is 73.2 Å². The average molecular weight is 650 g/mol. The number of nitrogens with two attached hydrogens (primary N) is 1. The highest BCUT2D eigenvalue weighted by atomic mass is 19.3. The van der Waals surface area contributed by atoms with E-state index in [2.05, 4.69) is 10.1 Å². The number of nitrogens with zero attached hydrogens (tertiary/aromatic N) is 3. The van der Waals surface area contributed by atoms with E-state index >= 15 is 4.39 Å². The van der Waals surface area contributed by atoms with E-state index in [0.29, 0.717) is 48.0 Å². The number of alkyl halides is 2. The number of para-hydroxylation sites is 1. The smallest absolute Gasteiger partial charge is 0.272 e. The van der Waals surface area contributed by atoms with Crippen molar-refractivity contribution in [2.24, 2.45) is 0 Å². The molecule has 1 aliphatic rings. The normalized spacial score (nSPS) is 13.8. The summed E-state index contributed by atoms with van der Waals surface area (Å²) in [4.78, 5) is 30.3. The zero-order valence-corrected chi connectivity index (χ0v) is 25.5. The number of aromatic amines is 1. The van der Waals surface area contributed by atoms with E-state index < -0.39 is 30.5 Å². The SMILES string of the molecule is CC(=O)N1CCC(c2cc3[nH]c(C(=O)c4cnn(-c5c(C)cc(Oc6ccccc6F)cc5F)c4N)cc3cc2OCC(F)F)CC1. The molecule has 1 aliphatic heterocycles. The van der Waals surface area contributed by atoms with E-state index in [0.717, 1.165) is 10.7 Å². The third-order valence-electron chi connectivity index (χ3n) is 8.30. The molecular weight excluding hydrogens is 618 g/mol. The molecule has 9 nitrogen and oxygen atoms in total. The first kappa shape index (κ1) is 31.6. The molecule has 0 spiro atoms. The predicted molar refractivity (Wildman–Crippen MR) is 167 cm³/mol. The highest BCUT2D eigenvalue weighted by Crippen LogP contribution is 2.38. The lowest BCUT2D eigenvalue weighted by molar-refractivity contribution is -0.129. The Bertz CT molecular complexity index is 1960. The second-order valence-corrected chi connectivity index (χ2v) is 11.4. The summed E-state index contributed by atoms with van der Waals surface area (Å²) in [5, 5.41) is 4.74. The quantitative estimate of drug-likeness (QED) is 0.132. The Kier molecular flexibility index (Phi) is 8.63. The first-order chi connectivity index (χ1) is 22.5. The zero-order chi connectivity index (χ0) is 33.4. The van der Waals surface area contributed by atoms with Crippen molar-refractivity contribution >= 4 is 28.4 Å². The van der Waals surface area contributed by atoms with Gasteiger partial charge in [0.2, 0.25) is 11.7 Å². The summed E-state index contributed by atoms with van der Waals surface area (Å²) in [6.45, 7) is 3.39. The zero-order valence-electron chi connectivity index (χ0n) is 25.5. The Hall–Kier alpha value is -5.33. The molecule has 0 saturated carbocycles. The molecule has 2 aromatic heterocycles. The van der Waals surface area contributed by atoms with E-state index in [-0.39, 0.29) is 51.8 Å². The van der Waals surface area contributed by atoms with Crippen LogP contribution in [0.4, 0.5) is 23.4 Å². The standard InChI is InChI=1S/C34H31F4N5O4/c1-18-11-22(47-29-6-4-3-5-25(29)35)14-26(36)32(18)43-34(39)24(16-40-43)33(45)28-12-21-13-30(46-17-31(37)38)23(15-27(21)41-28)20-7-9-42(10-8-20)19(2)44/h3-6,11-16,20,31,41H,7-10,17,39H2,1-2H3. The molecule has 244 valence electrons. The average Bonchev–Trinajstić information content (AvgIpc) is 3.63. The lowest BCUT2D eigenvalue weighted by atomic mass is 9.88. The van der Waals surface area contributed by atoms with E-state index in [1.807, 2.05) is 0 Å². The van der Waals surface area contributed by atoms with Crippen LogP contribution in [0, 0.1) is 18.6 Å². The Morgan fingerprint density at radius 2 is 1.79 bits per heavy atom. The number of piperidine rings is 1. The third-order valence-corrected chi connectivity index (χ3v) is 8.30. The van der Waals surface area contributed by atoms with Crippen molar-refractivity contribution in [1.29, 1.82) is 0 Å². The molecular formula is C34H31F4N5O4. The van der Waals surface area contributed by atoms with E-state index in [4.69, 9.17) is 15.2 Å². The van der Waals surface area contributed by atoms with Crippen molar-refractivity contribution < 1.29 is 36.6 Å². The molecule has 1 amide bonds. The highest BCUT2D eigenvalue weighted by Gasteiger charge is 2.27. The molecule has 3 heterocycles. The van der Waals surface area contributed by atoms with E-state index in [1.54, 1.807) is 36.1 Å². The van der Waals surface area contributed by atoms with Crippen LogP contribution in [0.5, 0.6) is 17.2 Å². The first-order valence-electron chi connectivity index (χ1n) is 14.9. The van der Waals surface area contributed by atoms with Crippen LogP contribution in [-0.4, -0.2) is 57.5 Å². The number of ketones is 1. The molecule has 1 saturated heterocycles. The Labute approximate surface area is 266 Å². The van der Waals surface area contributed by atoms with E-state index in [9.17, 15) is 22.8 Å². The molecule has 5 aromatic rings. The lowest BCUT2D eigenvalue weighted by Gasteiger charge is -2.32. The maximum Gasteiger partial charge on any atom is 0.272 e. The minimum Gasteiger partial charge on any atom is -0.487 e. The Morgan fingerprint density at radius 1 is 1.04 bits per heavy atom. The number of amides is 1. The summed E-state index contributed by atoms with van der Waals surface area (Å²) in [6, 6.07) is 13.3. The minimum absolute atomic E-state index is 0.00745. The number of hydrogen-bond donors (Lipinski definition) is 2. The van der Waals surface area contributed by atoms with Gasteiger partial charge in [-0.1, -0.05) is 12.1 Å². The van der Waals surface area contributed by atoms with Gasteiger partial charge in [0.25, 0.3) is 6.43 Å². The van der Waals surface area contributed by atoms with Gasteiger partial charge in [0.05, 0.1) is 17.5 Å². The number of aryl methyl sites for hydroxylation is 1. The first-order valence-corrected chi connectivity index (χ1v) is 14.9. The second kappa shape index (κ2) is 12.8. The van der Waals surface area contributed by atoms with Crippen LogP contribution in [0.3, 0.4) is 0 Å². The fraction of sp³-hybridized carbons (Fsp3) is 0.265. The Balaban J connectivity index is 1.29. The number of halogens is 4. The fourth-order valence-corrected chi connectivity index (χ4v) is 5.94. The van der Waals surface area contributed by atoms with Gasteiger partial charge in [-0.3, -0.25) is 9.59 Å². The topological polar surface area (TPSA) is 115 Å². The van der Waals surface area contributed by atoms with Crippen LogP contribution in [-0.2, 0) is 4.79 Å². The molecule has 1 fully saturated rings. The Morgan fingerprint density at radius 3 is 2.47 bits per heavy atom. The summed E-state index contributed by atoms with van der Waals surface area (Å²) in [5.41, 5.74) is 8.14. The second-order valence-electron chi connectivity index (χ2n) is 11.4. The van der Waals surface area contributed by atoms with Gasteiger partial charge in [0.1, 0.15) is 29.6 Å². The maximum atomic E-state index is 15.4. The fourth-order valence-electron chi connectivity index (χ4n) is 5.94. The predicted octanol–water partition coefficient (Wildman–Crippen LogP) is 6.92. The summed E-state index contributed by atoms with van der Waals surface area (Å²) in [7, 11) is 0. The number of carbonyl (C=O) groups is 2. The monoisotopic (exact) mass is 649 g/mol. The molecule has 0 bridgehead atoms. The summed E-state index contributed by atoms with van der Waals surface area (Å²) in [6.07, 6.45) is -0.183. The van der Waals surface area contributed by atoms with Crippen LogP contribution in [0.2, 0.25) is 0 Å². The molecule has 6 rings (SSSR count). The summed E-state index contributed by atoms with van der Waals surface area (Å²) >= 11 is 0. The number of hydrogen-bond acceptors (Lipinski definition) is 6. The van der Waals surface area contributed by atoms with Crippen LogP contribution >= 0.6 is 0 Å². The summed E-state index contributed by atoms with van der Waals surface area (Å²) < 4.78 is 67.8. The number of anilines is 1. The number of nitrogen functional groups attached to an aromatic ring is 1. The van der Waals surface area contributed by atoms with Gasteiger partial charge in [-0.25, -0.2) is 22.2 Å². The van der Waals surface area contributed by atoms with Gasteiger partial charge in [0.15, 0.2) is 17.4 Å². The molecule has 0 aliphatic carbocycles. The van der Waals surface area contributed by atoms with Crippen molar-refractivity contribution in [1.82, 2.24) is 19.7 Å². The number of nitrogens with one attached hydrogen (secondary N) is 1. The van der Waals surface area contributed by atoms with Crippen LogP contribution in [0.15, 0.2) is 60.8 Å². The molecule has 0 unspecified atom stereocenters. The molecule has 0 atom stereocenters. The van der Waals surface area contributed by atoms with Crippen molar-refractivity contribution in [3.8, 4) is 22.9 Å². The van der Waals surface area contributed by atoms with Crippen molar-refractivity contribution in [3.05, 3.63) is 94.8 Å². The molecule has 47 heavy (non-hydrogen) atoms. The van der Waals surface area contributed by atoms with Gasteiger partial charge in [-0.2, -0.15) is 5.10 Å². The van der Waals surface area contributed by atoms with Gasteiger partial charge >= 0.3 is 0 Å². The minimum atomic E-state index is -2.68. The van der Waals surface area contributed by atoms with Crippen LogP contribution < -0.4 is 15.2 Å². The largest absolute Gasteiger partial charge is 0.487 e. The third kappa shape index (κ3) is 6.38. The summed E-state index contributed by atoms with van der Waals surface area (Å²) in [5.74, 6) is -1.77. The number of rotatable bonds is 9. The molecule has 3 N–H and O–H groups in total. The number of H-pyrrole nitrogens is 1. The number of ether oxygens (including phenoxy) is 2. The van der Waals surface area contributed by atoms with Gasteiger partial charge < -0.3 is 25.1 Å². The van der Waals surface area contributed by atoms with Crippen molar-refractivity contribution in [2.45, 2.75) is 39.0 Å². The maximum absolute atomic E-state index is 15.4. The number of likely N-dealkylation sites (tertiary alicyclic amines) is 1. The van der Waals surface area contributed by atoms with E-state index in [1.165, 1.54) is 37.4 Å². The molecule has 13 heteroatoms. The highest BCUT2D eigenvalue weighted by molar-refractivity contribution is 6.12. The van der Waals surface area contributed by atoms with Crippen molar-refractivity contribution in [2.75, 3.05) is 25.4 Å². The number of fused-ring (bicyclic) bond motifs is 1. The van der Waals surface area contributed by atoms with Gasteiger partial charge in [-0.15, -0.1) is 0 Å². The lowest BCUT2D eigenvalue weighted by Crippen LogP contribution is -2.36. The van der Waals surface area contributed by atoms with Crippen molar-refractivity contribution in [3.63, 3.8) is 0 Å².